The molecule has 0 unspecified atom stereocenters. The molecule has 0 aromatic heterocycles. The van der Waals surface area contributed by atoms with Crippen LogP contribution in [0.1, 0.15) is 66.7 Å². The van der Waals surface area contributed by atoms with Gasteiger partial charge in [-0.2, -0.15) is 0 Å². The molecule has 1 heterocycles. The van der Waals surface area contributed by atoms with E-state index in [9.17, 15) is 32.0 Å². The first-order chi connectivity index (χ1) is 23.3. The molecule has 2 fully saturated rings. The van der Waals surface area contributed by atoms with Crippen molar-refractivity contribution in [2.45, 2.75) is 55.3 Å². The molecule has 1 saturated carbocycles. The van der Waals surface area contributed by atoms with Gasteiger partial charge in [-0.25, -0.2) is 17.2 Å². The van der Waals surface area contributed by atoms with Gasteiger partial charge >= 0.3 is 5.97 Å². The third-order valence-corrected chi connectivity index (χ3v) is 10.8. The van der Waals surface area contributed by atoms with E-state index in [0.717, 1.165) is 18.2 Å². The van der Waals surface area contributed by atoms with Gasteiger partial charge in [-0.1, -0.05) is 6.07 Å². The Hall–Kier alpha value is -5.05. The summed E-state index contributed by atoms with van der Waals surface area (Å²) >= 11 is 0. The number of likely N-dealkylation sites (tertiary alicyclic amines) is 1. The zero-order valence-electron chi connectivity index (χ0n) is 27.0. The number of nitrogens with zero attached hydrogens (tertiary/aromatic N) is 1. The molecular formula is C34H36F2N4O8S. The molecule has 1 aliphatic heterocycles. The predicted molar refractivity (Wildman–Crippen MR) is 174 cm³/mol. The second-order valence-electron chi connectivity index (χ2n) is 11.8. The number of carbonyl (C=O) groups excluding carboxylic acids is 4. The molecule has 49 heavy (non-hydrogen) atoms. The van der Waals surface area contributed by atoms with Gasteiger partial charge in [-0.05, 0) is 85.8 Å². The normalized spacial score (nSPS) is 18.0. The number of ether oxygens (including phenoxy) is 2. The summed E-state index contributed by atoms with van der Waals surface area (Å²) in [5.41, 5.74) is 5.54. The van der Waals surface area contributed by atoms with Gasteiger partial charge in [0.1, 0.15) is 11.9 Å². The number of anilines is 2. The fraction of sp³-hybridized carbons (Fsp3) is 0.353. The minimum Gasteiger partial charge on any atom is -0.494 e. The minimum atomic E-state index is -3.91. The lowest BCUT2D eigenvalue weighted by atomic mass is 9.92. The summed E-state index contributed by atoms with van der Waals surface area (Å²) in [5.74, 6) is -5.50. The Labute approximate surface area is 281 Å². The zero-order valence-corrected chi connectivity index (χ0v) is 27.8. The number of benzene rings is 3. The Kier molecular flexibility index (Phi) is 10.2. The third-order valence-electron chi connectivity index (χ3n) is 8.50. The quantitative estimate of drug-likeness (QED) is 0.234. The largest absolute Gasteiger partial charge is 0.494 e. The average Bonchev–Trinajstić information content (AvgIpc) is 3.83. The van der Waals surface area contributed by atoms with Gasteiger partial charge in [0.25, 0.3) is 0 Å². The van der Waals surface area contributed by atoms with Crippen LogP contribution in [0.2, 0.25) is 0 Å². The van der Waals surface area contributed by atoms with Crippen molar-refractivity contribution in [2.24, 2.45) is 11.7 Å². The van der Waals surface area contributed by atoms with E-state index in [0.29, 0.717) is 12.8 Å². The lowest BCUT2D eigenvalue weighted by Gasteiger charge is -2.33. The van der Waals surface area contributed by atoms with Crippen molar-refractivity contribution in [3.63, 3.8) is 0 Å². The Bertz CT molecular complexity index is 1920. The van der Waals surface area contributed by atoms with Gasteiger partial charge in [-0.3, -0.25) is 19.2 Å². The van der Waals surface area contributed by atoms with Gasteiger partial charge in [0.15, 0.2) is 21.4 Å². The molecular weight excluding hydrogens is 662 g/mol. The smallest absolute Gasteiger partial charge is 0.311 e. The molecule has 4 N–H and O–H groups in total. The van der Waals surface area contributed by atoms with Crippen molar-refractivity contribution < 1.29 is 45.9 Å². The Morgan fingerprint density at radius 2 is 1.71 bits per heavy atom. The first-order valence-electron chi connectivity index (χ1n) is 15.6. The molecule has 15 heteroatoms. The van der Waals surface area contributed by atoms with Gasteiger partial charge in [-0.15, -0.1) is 0 Å². The van der Waals surface area contributed by atoms with Crippen LogP contribution in [0.4, 0.5) is 20.2 Å². The average molecular weight is 699 g/mol. The number of amides is 3. The van der Waals surface area contributed by atoms with Crippen molar-refractivity contribution in [2.75, 3.05) is 30.9 Å². The van der Waals surface area contributed by atoms with Gasteiger partial charge in [0.2, 0.25) is 17.7 Å². The molecule has 5 rings (SSSR count). The molecule has 0 spiro atoms. The number of nitrogens with two attached hydrogens (primary N) is 1. The zero-order chi connectivity index (χ0) is 35.6. The number of esters is 1. The number of nitrogens with one attached hydrogen (secondary N) is 2. The standard InChI is InChI=1S/C34H36F2N4O8S/c1-4-48-34(44)23-13-14-40(31(23)24-17-21(38-18(2)41)7-12-29(24)49(45,46)22-8-9-22)33(43)30(19-5-11-26(36)28(16-19)47-3)39-27-15-20(32(37)42)6-10-25(27)35/h5-7,10-12,15-17,22-23,30-31,39H,4,8-9,13-14H2,1-3H3,(H2,37,42)(H,38,41)/t23-,30+,31+/m0/s1. The van der Waals surface area contributed by atoms with E-state index in [4.69, 9.17) is 15.2 Å². The van der Waals surface area contributed by atoms with Crippen LogP contribution in [0.15, 0.2) is 59.5 Å². The van der Waals surface area contributed by atoms with Crippen LogP contribution in [-0.2, 0) is 29.0 Å². The molecule has 0 radical (unpaired) electrons. The maximum atomic E-state index is 15.2. The van der Waals surface area contributed by atoms with E-state index in [1.807, 2.05) is 0 Å². The third kappa shape index (κ3) is 7.36. The topological polar surface area (TPSA) is 174 Å². The fourth-order valence-electron chi connectivity index (χ4n) is 6.05. The molecule has 1 saturated heterocycles. The molecule has 3 atom stereocenters. The molecule has 260 valence electrons. The predicted octanol–water partition coefficient (Wildman–Crippen LogP) is 4.27. The van der Waals surface area contributed by atoms with Gasteiger partial charge < -0.3 is 30.7 Å². The minimum absolute atomic E-state index is 0.0181. The Balaban J connectivity index is 1.68. The number of sulfone groups is 1. The highest BCUT2D eigenvalue weighted by atomic mass is 32.2. The number of hydrogen-bond acceptors (Lipinski definition) is 9. The van der Waals surface area contributed by atoms with Crippen LogP contribution in [0.25, 0.3) is 0 Å². The highest BCUT2D eigenvalue weighted by Crippen LogP contribution is 2.46. The second kappa shape index (κ2) is 14.2. The number of carbonyl (C=O) groups is 4. The monoisotopic (exact) mass is 698 g/mol. The summed E-state index contributed by atoms with van der Waals surface area (Å²) in [6.45, 7) is 2.85. The van der Waals surface area contributed by atoms with Crippen LogP contribution < -0.4 is 21.1 Å². The lowest BCUT2D eigenvalue weighted by Crippen LogP contribution is -2.40. The van der Waals surface area contributed by atoms with Crippen molar-refractivity contribution in [3.05, 3.63) is 82.9 Å². The number of primary amides is 1. The maximum absolute atomic E-state index is 15.2. The summed E-state index contributed by atoms with van der Waals surface area (Å²) in [4.78, 5) is 53.3. The molecule has 12 nitrogen and oxygen atoms in total. The maximum Gasteiger partial charge on any atom is 0.311 e. The number of halogens is 2. The van der Waals surface area contributed by atoms with Crippen LogP contribution >= 0.6 is 0 Å². The van der Waals surface area contributed by atoms with Gasteiger partial charge in [0.05, 0.1) is 41.5 Å². The van der Waals surface area contributed by atoms with Crippen LogP contribution in [0.3, 0.4) is 0 Å². The molecule has 1 aliphatic carbocycles. The van der Waals surface area contributed by atoms with Crippen LogP contribution in [0.5, 0.6) is 5.75 Å². The lowest BCUT2D eigenvalue weighted by molar-refractivity contribution is -0.149. The van der Waals surface area contributed by atoms with Gasteiger partial charge in [0, 0.05) is 24.7 Å². The number of hydrogen-bond donors (Lipinski definition) is 3. The summed E-state index contributed by atoms with van der Waals surface area (Å²) in [7, 11) is -2.68. The number of methoxy groups -OCH3 is 1. The van der Waals surface area contributed by atoms with E-state index in [1.165, 1.54) is 55.3 Å². The van der Waals surface area contributed by atoms with E-state index in [2.05, 4.69) is 10.6 Å². The SMILES string of the molecule is CCOC(=O)[C@H]1CCN(C(=O)[C@H](Nc2cc(C(N)=O)ccc2F)c2ccc(F)c(OC)c2)[C@H]1c1cc(NC(C)=O)ccc1S(=O)(=O)C1CC1. The van der Waals surface area contributed by atoms with E-state index in [-0.39, 0.29) is 58.3 Å². The second-order valence-corrected chi connectivity index (χ2v) is 14.0. The van der Waals surface area contributed by atoms with Crippen LogP contribution in [-0.4, -0.2) is 62.5 Å². The summed E-state index contributed by atoms with van der Waals surface area (Å²) < 4.78 is 67.7. The molecule has 3 amide bonds. The van der Waals surface area contributed by atoms with Crippen molar-refractivity contribution in [1.29, 1.82) is 0 Å². The van der Waals surface area contributed by atoms with Crippen molar-refractivity contribution in [1.82, 2.24) is 4.90 Å². The first-order valence-corrected chi connectivity index (χ1v) is 17.1. The van der Waals surface area contributed by atoms with Crippen LogP contribution in [0, 0.1) is 17.6 Å². The Morgan fingerprint density at radius 3 is 2.35 bits per heavy atom. The Morgan fingerprint density at radius 1 is 1.00 bits per heavy atom. The number of rotatable bonds is 12. The molecule has 3 aromatic carbocycles. The molecule has 2 aliphatic rings. The highest BCUT2D eigenvalue weighted by molar-refractivity contribution is 7.92. The summed E-state index contributed by atoms with van der Waals surface area (Å²) in [6.07, 6.45) is 0.962. The van der Waals surface area contributed by atoms with E-state index in [1.54, 1.807) is 6.92 Å². The van der Waals surface area contributed by atoms with Crippen molar-refractivity contribution >= 4 is 44.9 Å². The summed E-state index contributed by atoms with van der Waals surface area (Å²) in [5, 5.41) is 4.80. The summed E-state index contributed by atoms with van der Waals surface area (Å²) in [6, 6.07) is 8.41. The van der Waals surface area contributed by atoms with Crippen molar-refractivity contribution in [3.8, 4) is 5.75 Å². The highest BCUT2D eigenvalue weighted by Gasteiger charge is 2.48. The van der Waals surface area contributed by atoms with E-state index >= 15 is 4.39 Å². The first kappa shape index (κ1) is 35.3. The van der Waals surface area contributed by atoms with E-state index < -0.39 is 68.4 Å². The molecule has 3 aromatic rings. The molecule has 0 bridgehead atoms. The fourth-order valence-corrected chi connectivity index (χ4v) is 7.93.